The summed E-state index contributed by atoms with van der Waals surface area (Å²) < 4.78 is 26.6. The number of carbonyl (C=O) groups excluding carboxylic acids is 2. The second kappa shape index (κ2) is 8.66. The number of rotatable bonds is 5. The van der Waals surface area contributed by atoms with Crippen LogP contribution in [-0.4, -0.2) is 30.0 Å². The average Bonchev–Trinajstić information content (AvgIpc) is 2.99. The number of azo groups is 1. The first kappa shape index (κ1) is 22.1. The van der Waals surface area contributed by atoms with Gasteiger partial charge in [-0.1, -0.05) is 11.6 Å². The smallest absolute Gasteiger partial charge is 0.290 e. The highest BCUT2D eigenvalue weighted by Crippen LogP contribution is 2.20. The van der Waals surface area contributed by atoms with Crippen LogP contribution in [-0.2, 0) is 14.8 Å². The van der Waals surface area contributed by atoms with Gasteiger partial charge in [-0.05, 0) is 55.5 Å². The minimum atomic E-state index is -3.97. The summed E-state index contributed by atoms with van der Waals surface area (Å²) in [5.74, 6) is -1.30. The third kappa shape index (κ3) is 4.95. The number of amides is 1. The number of aryl methyl sites for hydroxylation is 1. The summed E-state index contributed by atoms with van der Waals surface area (Å²) in [6.45, 7) is 2.65. The molecule has 0 bridgehead atoms. The van der Waals surface area contributed by atoms with Gasteiger partial charge in [0.1, 0.15) is 0 Å². The molecule has 31 heavy (non-hydrogen) atoms. The first-order valence-electron chi connectivity index (χ1n) is 8.75. The van der Waals surface area contributed by atoms with Crippen molar-refractivity contribution in [3.8, 4) is 0 Å². The quantitative estimate of drug-likeness (QED) is 0.561. The molecule has 160 valence electrons. The number of sulfonamides is 1. The van der Waals surface area contributed by atoms with Gasteiger partial charge in [-0.25, -0.2) is 13.1 Å². The zero-order valence-electron chi connectivity index (χ0n) is 16.3. The van der Waals surface area contributed by atoms with E-state index in [-0.39, 0.29) is 21.8 Å². The van der Waals surface area contributed by atoms with E-state index < -0.39 is 27.4 Å². The number of nitrogens with zero attached hydrogens (tertiary/aromatic N) is 3. The molecule has 2 N–H and O–H groups in total. The van der Waals surface area contributed by atoms with Crippen LogP contribution in [0.4, 0.5) is 11.4 Å². The average molecular weight is 462 g/mol. The highest BCUT2D eigenvalue weighted by molar-refractivity contribution is 7.90. The second-order valence-electron chi connectivity index (χ2n) is 6.39. The summed E-state index contributed by atoms with van der Waals surface area (Å²) in [5.41, 5.74) is 0.0776. The maximum atomic E-state index is 12.6. The first-order chi connectivity index (χ1) is 14.6. The normalized spacial score (nSPS) is 11.6. The van der Waals surface area contributed by atoms with Crippen LogP contribution < -0.4 is 10.3 Å². The molecule has 3 rings (SSSR count). The van der Waals surface area contributed by atoms with Crippen molar-refractivity contribution in [3.05, 3.63) is 75.2 Å². The lowest BCUT2D eigenvalue weighted by atomic mass is 10.2. The number of halogens is 1. The molecule has 10 nitrogen and oxygen atoms in total. The maximum Gasteiger partial charge on any atom is 0.302 e. The van der Waals surface area contributed by atoms with Crippen molar-refractivity contribution in [2.24, 2.45) is 10.2 Å². The monoisotopic (exact) mass is 461 g/mol. The number of aromatic amines is 1. The van der Waals surface area contributed by atoms with Crippen LogP contribution in [0, 0.1) is 6.92 Å². The van der Waals surface area contributed by atoms with E-state index in [2.05, 4.69) is 15.3 Å². The topological polar surface area (TPSA) is 143 Å². The van der Waals surface area contributed by atoms with Crippen LogP contribution in [0.15, 0.2) is 68.4 Å². The Labute approximate surface area is 181 Å². The number of carbonyl (C=O) groups is 2. The summed E-state index contributed by atoms with van der Waals surface area (Å²) >= 11 is 5.81. The molecule has 0 aliphatic heterocycles. The van der Waals surface area contributed by atoms with Gasteiger partial charge in [0.05, 0.1) is 16.3 Å². The van der Waals surface area contributed by atoms with Gasteiger partial charge in [-0.2, -0.15) is 9.80 Å². The first-order valence-corrected chi connectivity index (χ1v) is 10.6. The number of hydrogen-bond donors (Lipinski definition) is 2. The molecule has 3 aromatic rings. The van der Waals surface area contributed by atoms with Crippen molar-refractivity contribution in [2.75, 3.05) is 0 Å². The molecule has 1 amide bonds. The lowest BCUT2D eigenvalue weighted by Gasteiger charge is -2.04. The van der Waals surface area contributed by atoms with Gasteiger partial charge in [0, 0.05) is 17.5 Å². The Bertz CT molecular complexity index is 1340. The lowest BCUT2D eigenvalue weighted by molar-refractivity contribution is -0.117. The fourth-order valence-corrected chi connectivity index (χ4v) is 3.68. The van der Waals surface area contributed by atoms with E-state index in [1.54, 1.807) is 6.92 Å². The Balaban J connectivity index is 1.85. The van der Waals surface area contributed by atoms with Gasteiger partial charge in [0.15, 0.2) is 5.69 Å². The Kier molecular flexibility index (Phi) is 6.18. The van der Waals surface area contributed by atoms with Gasteiger partial charge >= 0.3 is 5.56 Å². The van der Waals surface area contributed by atoms with E-state index in [9.17, 15) is 22.8 Å². The van der Waals surface area contributed by atoms with Crippen molar-refractivity contribution < 1.29 is 18.0 Å². The van der Waals surface area contributed by atoms with Crippen molar-refractivity contribution in [1.29, 1.82) is 0 Å². The number of benzene rings is 2. The molecule has 0 atom stereocenters. The van der Waals surface area contributed by atoms with E-state index in [0.29, 0.717) is 10.7 Å². The molecule has 12 heteroatoms. The van der Waals surface area contributed by atoms with E-state index in [0.717, 1.165) is 11.6 Å². The van der Waals surface area contributed by atoms with Crippen LogP contribution in [0.2, 0.25) is 5.02 Å². The molecule has 0 saturated carbocycles. The SMILES string of the molecule is CC(=O)NS(=O)(=O)c1ccc(N=Nc2c(C)[nH]n(C(=O)c3ccc(Cl)cc3)c2=O)cc1. The number of hydrogen-bond acceptors (Lipinski definition) is 7. The fraction of sp³-hybridized carbons (Fsp3) is 0.105. The number of H-pyrrole nitrogens is 1. The summed E-state index contributed by atoms with van der Waals surface area (Å²) in [4.78, 5) is 36.0. The molecule has 1 aromatic heterocycles. The van der Waals surface area contributed by atoms with E-state index in [1.165, 1.54) is 48.5 Å². The van der Waals surface area contributed by atoms with Crippen molar-refractivity contribution in [3.63, 3.8) is 0 Å². The van der Waals surface area contributed by atoms with Crippen molar-refractivity contribution in [2.45, 2.75) is 18.7 Å². The van der Waals surface area contributed by atoms with Crippen LogP contribution in [0.25, 0.3) is 0 Å². The molecule has 0 aliphatic rings. The summed E-state index contributed by atoms with van der Waals surface area (Å²) in [6.07, 6.45) is 0. The predicted molar refractivity (Wildman–Crippen MR) is 113 cm³/mol. The molecule has 0 radical (unpaired) electrons. The minimum Gasteiger partial charge on any atom is -0.290 e. The third-order valence-corrected chi connectivity index (χ3v) is 5.73. The zero-order chi connectivity index (χ0) is 22.8. The van der Waals surface area contributed by atoms with Crippen molar-refractivity contribution >= 4 is 44.8 Å². The number of aromatic nitrogens is 2. The van der Waals surface area contributed by atoms with E-state index in [1.807, 2.05) is 4.72 Å². The zero-order valence-corrected chi connectivity index (χ0v) is 17.9. The summed E-state index contributed by atoms with van der Waals surface area (Å²) in [6, 6.07) is 11.3. The molecule has 0 saturated heterocycles. The molecule has 2 aromatic carbocycles. The van der Waals surface area contributed by atoms with Gasteiger partial charge in [0.2, 0.25) is 5.91 Å². The largest absolute Gasteiger partial charge is 0.302 e. The highest BCUT2D eigenvalue weighted by Gasteiger charge is 2.18. The molecule has 0 fully saturated rings. The predicted octanol–water partition coefficient (Wildman–Crippen LogP) is 3.07. The fourth-order valence-electron chi connectivity index (χ4n) is 2.57. The van der Waals surface area contributed by atoms with Gasteiger partial charge in [-0.15, -0.1) is 5.11 Å². The van der Waals surface area contributed by atoms with Gasteiger partial charge < -0.3 is 0 Å². The standard InChI is InChI=1S/C19H16ClN5O5S/c1-11-17(19(28)25(23-11)18(27)13-3-5-14(20)6-4-13)22-21-15-7-9-16(10-8-15)31(29,30)24-12(2)26/h3-10,23H,1-2H3,(H,24,26). The number of nitrogens with one attached hydrogen (secondary N) is 2. The molecular weight excluding hydrogens is 446 g/mol. The molecule has 1 heterocycles. The molecule has 0 spiro atoms. The van der Waals surface area contributed by atoms with Crippen molar-refractivity contribution in [1.82, 2.24) is 14.5 Å². The minimum absolute atomic E-state index is 0.0720. The molecular formula is C19H16ClN5O5S. The Hall–Kier alpha value is -3.57. The summed E-state index contributed by atoms with van der Waals surface area (Å²) in [5, 5.41) is 10.9. The van der Waals surface area contributed by atoms with Crippen LogP contribution in [0.5, 0.6) is 0 Å². The Morgan fingerprint density at radius 2 is 1.65 bits per heavy atom. The molecule has 0 aliphatic carbocycles. The maximum absolute atomic E-state index is 12.6. The lowest BCUT2D eigenvalue weighted by Crippen LogP contribution is -2.28. The van der Waals surface area contributed by atoms with Crippen LogP contribution in [0.1, 0.15) is 23.0 Å². The second-order valence-corrected chi connectivity index (χ2v) is 8.51. The Morgan fingerprint density at radius 1 is 1.03 bits per heavy atom. The summed E-state index contributed by atoms with van der Waals surface area (Å²) in [7, 11) is -3.97. The van der Waals surface area contributed by atoms with E-state index in [4.69, 9.17) is 11.6 Å². The van der Waals surface area contributed by atoms with E-state index >= 15 is 0 Å². The third-order valence-electron chi connectivity index (χ3n) is 4.03. The van der Waals surface area contributed by atoms with Gasteiger partial charge in [-0.3, -0.25) is 19.5 Å². The van der Waals surface area contributed by atoms with Gasteiger partial charge in [0.25, 0.3) is 15.9 Å². The highest BCUT2D eigenvalue weighted by atomic mass is 35.5. The Morgan fingerprint density at radius 3 is 2.23 bits per heavy atom. The van der Waals surface area contributed by atoms with Crippen LogP contribution in [0.3, 0.4) is 0 Å². The molecule has 0 unspecified atom stereocenters. The van der Waals surface area contributed by atoms with Crippen LogP contribution >= 0.6 is 11.6 Å².